The maximum Gasteiger partial charge on any atom is 0.166 e. The van der Waals surface area contributed by atoms with Crippen molar-refractivity contribution in [3.63, 3.8) is 0 Å². The topological polar surface area (TPSA) is 53.8 Å². The van der Waals surface area contributed by atoms with Gasteiger partial charge in [0.1, 0.15) is 11.8 Å². The number of aromatic nitrogens is 1. The van der Waals surface area contributed by atoms with Crippen molar-refractivity contribution in [1.82, 2.24) is 4.98 Å². The van der Waals surface area contributed by atoms with Crippen LogP contribution in [0.25, 0.3) is 0 Å². The average Bonchev–Trinajstić information content (AvgIpc) is 2.46. The first-order chi connectivity index (χ1) is 9.26. The van der Waals surface area contributed by atoms with Crippen LogP contribution in [0.15, 0.2) is 18.3 Å². The standard InChI is InChI=1S/C15H16N2OS/c16-9-12-6-10(4-5-17-12)15(18)11-7-13-2-1-3-14(8-11)19-13/h4-6,11,13-14H,1-3,7-8H2. The molecule has 2 unspecified atom stereocenters. The molecule has 3 rings (SSSR count). The van der Waals surface area contributed by atoms with Crippen LogP contribution in [0.4, 0.5) is 0 Å². The van der Waals surface area contributed by atoms with Crippen molar-refractivity contribution in [2.75, 3.05) is 0 Å². The van der Waals surface area contributed by atoms with E-state index in [0.29, 0.717) is 21.8 Å². The predicted octanol–water partition coefficient (Wildman–Crippen LogP) is 3.20. The third kappa shape index (κ3) is 2.66. The summed E-state index contributed by atoms with van der Waals surface area (Å²) in [5.74, 6) is 0.349. The van der Waals surface area contributed by atoms with Gasteiger partial charge in [0, 0.05) is 28.2 Å². The van der Waals surface area contributed by atoms with Crippen LogP contribution in [0, 0.1) is 17.2 Å². The summed E-state index contributed by atoms with van der Waals surface area (Å²) >= 11 is 2.08. The minimum absolute atomic E-state index is 0.144. The van der Waals surface area contributed by atoms with Crippen molar-refractivity contribution < 1.29 is 4.79 Å². The van der Waals surface area contributed by atoms with Crippen LogP contribution in [0.5, 0.6) is 0 Å². The molecule has 2 aliphatic rings. The number of carbonyl (C=O) groups excluding carboxylic acids is 1. The van der Waals surface area contributed by atoms with Gasteiger partial charge in [0.2, 0.25) is 0 Å². The molecule has 2 atom stereocenters. The number of thioether (sulfide) groups is 1. The number of nitrogens with zero attached hydrogens (tertiary/aromatic N) is 2. The van der Waals surface area contributed by atoms with E-state index in [0.717, 1.165) is 12.8 Å². The quantitative estimate of drug-likeness (QED) is 0.776. The maximum absolute atomic E-state index is 12.6. The number of rotatable bonds is 2. The van der Waals surface area contributed by atoms with E-state index >= 15 is 0 Å². The number of fused-ring (bicyclic) bond motifs is 2. The van der Waals surface area contributed by atoms with E-state index in [1.54, 1.807) is 18.3 Å². The van der Waals surface area contributed by atoms with E-state index in [9.17, 15) is 4.79 Å². The third-order valence-electron chi connectivity index (χ3n) is 4.06. The lowest BCUT2D eigenvalue weighted by molar-refractivity contribution is 0.0896. The van der Waals surface area contributed by atoms with E-state index in [1.807, 2.05) is 6.07 Å². The molecule has 0 radical (unpaired) electrons. The summed E-state index contributed by atoms with van der Waals surface area (Å²) in [4.78, 5) is 16.5. The first-order valence-corrected chi connectivity index (χ1v) is 7.76. The molecule has 4 heteroatoms. The molecule has 3 heterocycles. The van der Waals surface area contributed by atoms with E-state index in [4.69, 9.17) is 5.26 Å². The van der Waals surface area contributed by atoms with E-state index < -0.39 is 0 Å². The average molecular weight is 272 g/mol. The van der Waals surface area contributed by atoms with Gasteiger partial charge in [0.15, 0.2) is 5.78 Å². The number of carbonyl (C=O) groups is 1. The van der Waals surface area contributed by atoms with Crippen molar-refractivity contribution in [3.8, 4) is 6.07 Å². The highest BCUT2D eigenvalue weighted by atomic mass is 32.2. The van der Waals surface area contributed by atoms with Gasteiger partial charge in [-0.25, -0.2) is 4.98 Å². The Labute approximate surface area is 117 Å². The Kier molecular flexibility index (Phi) is 3.56. The minimum Gasteiger partial charge on any atom is -0.294 e. The summed E-state index contributed by atoms with van der Waals surface area (Å²) in [5.41, 5.74) is 0.984. The van der Waals surface area contributed by atoms with Gasteiger partial charge in [0.05, 0.1) is 0 Å². The highest BCUT2D eigenvalue weighted by molar-refractivity contribution is 8.00. The van der Waals surface area contributed by atoms with Gasteiger partial charge in [-0.15, -0.1) is 0 Å². The van der Waals surface area contributed by atoms with Crippen molar-refractivity contribution in [1.29, 1.82) is 5.26 Å². The Hall–Kier alpha value is -1.34. The molecular formula is C15H16N2OS. The van der Waals surface area contributed by atoms with Gasteiger partial charge in [-0.2, -0.15) is 17.0 Å². The van der Waals surface area contributed by atoms with Crippen LogP contribution in [-0.4, -0.2) is 21.3 Å². The number of hydrogen-bond acceptors (Lipinski definition) is 4. The normalized spacial score (nSPS) is 29.5. The fourth-order valence-corrected chi connectivity index (χ4v) is 4.99. The lowest BCUT2D eigenvalue weighted by Gasteiger charge is -2.37. The number of nitriles is 1. The smallest absolute Gasteiger partial charge is 0.166 e. The van der Waals surface area contributed by atoms with Crippen LogP contribution >= 0.6 is 11.8 Å². The summed E-state index contributed by atoms with van der Waals surface area (Å²) in [5, 5.41) is 10.2. The zero-order valence-electron chi connectivity index (χ0n) is 10.7. The van der Waals surface area contributed by atoms with Gasteiger partial charge in [-0.05, 0) is 37.8 Å². The molecule has 0 N–H and O–H groups in total. The largest absolute Gasteiger partial charge is 0.294 e. The Morgan fingerprint density at radius 2 is 2.11 bits per heavy atom. The zero-order chi connectivity index (χ0) is 13.2. The second-order valence-corrected chi connectivity index (χ2v) is 6.99. The molecule has 98 valence electrons. The molecule has 2 aliphatic heterocycles. The molecule has 0 aliphatic carbocycles. The van der Waals surface area contributed by atoms with Crippen molar-refractivity contribution >= 4 is 17.5 Å². The van der Waals surface area contributed by atoms with Gasteiger partial charge >= 0.3 is 0 Å². The second-order valence-electron chi connectivity index (χ2n) is 5.39. The van der Waals surface area contributed by atoms with E-state index in [-0.39, 0.29) is 11.7 Å². The fourth-order valence-electron chi connectivity index (χ4n) is 3.15. The minimum atomic E-state index is 0.144. The van der Waals surface area contributed by atoms with Crippen LogP contribution in [0.3, 0.4) is 0 Å². The van der Waals surface area contributed by atoms with Gasteiger partial charge in [0.25, 0.3) is 0 Å². The summed E-state index contributed by atoms with van der Waals surface area (Å²) in [6.45, 7) is 0. The molecule has 1 aromatic heterocycles. The molecule has 0 amide bonds. The maximum atomic E-state index is 12.6. The lowest BCUT2D eigenvalue weighted by Crippen LogP contribution is -2.32. The molecule has 0 spiro atoms. The molecule has 0 aromatic carbocycles. The molecular weight excluding hydrogens is 256 g/mol. The van der Waals surface area contributed by atoms with E-state index in [2.05, 4.69) is 16.7 Å². The third-order valence-corrected chi connectivity index (χ3v) is 5.69. The zero-order valence-corrected chi connectivity index (χ0v) is 11.5. The highest BCUT2D eigenvalue weighted by Gasteiger charge is 2.35. The Morgan fingerprint density at radius 1 is 1.37 bits per heavy atom. The van der Waals surface area contributed by atoms with Gasteiger partial charge in [-0.3, -0.25) is 4.79 Å². The first kappa shape index (κ1) is 12.7. The van der Waals surface area contributed by atoms with Gasteiger partial charge in [-0.1, -0.05) is 6.42 Å². The number of ketones is 1. The van der Waals surface area contributed by atoms with Crippen molar-refractivity contribution in [2.45, 2.75) is 42.6 Å². The molecule has 2 fully saturated rings. The van der Waals surface area contributed by atoms with Crippen LogP contribution in [0.2, 0.25) is 0 Å². The van der Waals surface area contributed by atoms with Crippen LogP contribution in [0.1, 0.15) is 48.2 Å². The number of hydrogen-bond donors (Lipinski definition) is 0. The highest BCUT2D eigenvalue weighted by Crippen LogP contribution is 2.44. The molecule has 19 heavy (non-hydrogen) atoms. The summed E-state index contributed by atoms with van der Waals surface area (Å²) in [7, 11) is 0. The SMILES string of the molecule is N#Cc1cc(C(=O)C2CC3CCCC(C2)S3)ccn1. The summed E-state index contributed by atoms with van der Waals surface area (Å²) in [6.07, 6.45) is 7.39. The van der Waals surface area contributed by atoms with Gasteiger partial charge < -0.3 is 0 Å². The second kappa shape index (κ2) is 5.34. The Bertz CT molecular complexity index is 525. The predicted molar refractivity (Wildman–Crippen MR) is 75.0 cm³/mol. The molecule has 2 saturated heterocycles. The molecule has 2 bridgehead atoms. The summed E-state index contributed by atoms with van der Waals surface area (Å²) in [6, 6.07) is 5.36. The Balaban J connectivity index is 1.78. The van der Waals surface area contributed by atoms with Crippen LogP contribution in [-0.2, 0) is 0 Å². The van der Waals surface area contributed by atoms with Crippen molar-refractivity contribution in [3.05, 3.63) is 29.6 Å². The molecule has 3 nitrogen and oxygen atoms in total. The van der Waals surface area contributed by atoms with Crippen molar-refractivity contribution in [2.24, 2.45) is 5.92 Å². The first-order valence-electron chi connectivity index (χ1n) is 6.82. The number of Topliss-reactive ketones (excluding diaryl/α,β-unsaturated/α-hetero) is 1. The summed E-state index contributed by atoms with van der Waals surface area (Å²) < 4.78 is 0. The molecule has 1 aromatic rings. The monoisotopic (exact) mass is 272 g/mol. The fraction of sp³-hybridized carbons (Fsp3) is 0.533. The van der Waals surface area contributed by atoms with Crippen LogP contribution < -0.4 is 0 Å². The lowest BCUT2D eigenvalue weighted by atomic mass is 9.84. The molecule has 0 saturated carbocycles. The number of pyridine rings is 1. The van der Waals surface area contributed by atoms with E-state index in [1.165, 1.54) is 19.3 Å². The Morgan fingerprint density at radius 3 is 2.79 bits per heavy atom.